The molecule has 3 nitrogen and oxygen atoms in total. The number of halogens is 1. The molecule has 86 valence electrons. The Morgan fingerprint density at radius 3 is 2.81 bits per heavy atom. The molecule has 1 atom stereocenters. The third kappa shape index (κ3) is 1.99. The van der Waals surface area contributed by atoms with Gasteiger partial charge in [-0.25, -0.2) is 0 Å². The highest BCUT2D eigenvalue weighted by Crippen LogP contribution is 2.29. The molecule has 0 aliphatic rings. The third-order valence-electron chi connectivity index (χ3n) is 2.71. The maximum atomic E-state index is 5.83. The molecule has 5 heteroatoms. The summed E-state index contributed by atoms with van der Waals surface area (Å²) in [6, 6.07) is 2.47. The van der Waals surface area contributed by atoms with E-state index in [1.165, 1.54) is 15.3 Å². The van der Waals surface area contributed by atoms with Gasteiger partial charge in [-0.2, -0.15) is 0 Å². The number of hydrogen-bond acceptors (Lipinski definition) is 3. The highest BCUT2D eigenvalue weighted by atomic mass is 35.5. The van der Waals surface area contributed by atoms with Crippen LogP contribution in [0.1, 0.15) is 34.1 Å². The molecule has 0 aliphatic carbocycles. The van der Waals surface area contributed by atoms with Crippen molar-refractivity contribution in [1.29, 1.82) is 0 Å². The van der Waals surface area contributed by atoms with Crippen LogP contribution in [0, 0.1) is 13.8 Å². The third-order valence-corrected chi connectivity index (χ3v) is 3.93. The van der Waals surface area contributed by atoms with Gasteiger partial charge in [0.2, 0.25) is 0 Å². The molecule has 0 aromatic carbocycles. The van der Waals surface area contributed by atoms with Gasteiger partial charge in [0.15, 0.2) is 0 Å². The molecular weight excluding hydrogens is 242 g/mol. The summed E-state index contributed by atoms with van der Waals surface area (Å²) in [6.45, 7) is 6.42. The second kappa shape index (κ2) is 4.55. The van der Waals surface area contributed by atoms with Crippen LogP contribution in [0.15, 0.2) is 12.4 Å². The van der Waals surface area contributed by atoms with E-state index in [0.29, 0.717) is 5.88 Å². The summed E-state index contributed by atoms with van der Waals surface area (Å²) in [4.78, 5) is 2.68. The molecule has 2 aromatic rings. The minimum atomic E-state index is 0.244. The molecule has 2 aromatic heterocycles. The second-order valence-corrected chi connectivity index (χ2v) is 5.56. The normalized spacial score (nSPS) is 13.0. The topological polar surface area (TPSA) is 30.7 Å². The van der Waals surface area contributed by atoms with E-state index in [9.17, 15) is 0 Å². The average Bonchev–Trinajstić information content (AvgIpc) is 2.83. The van der Waals surface area contributed by atoms with Gasteiger partial charge in [-0.15, -0.1) is 33.1 Å². The van der Waals surface area contributed by atoms with Crippen molar-refractivity contribution >= 4 is 22.9 Å². The molecule has 0 bridgehead atoms. The quantitative estimate of drug-likeness (QED) is 0.788. The molecule has 0 N–H and O–H groups in total. The Balaban J connectivity index is 2.38. The van der Waals surface area contributed by atoms with E-state index in [-0.39, 0.29) is 6.04 Å². The zero-order valence-electron chi connectivity index (χ0n) is 9.57. The van der Waals surface area contributed by atoms with Crippen molar-refractivity contribution in [3.8, 4) is 0 Å². The number of thiophene rings is 1. The number of aryl methyl sites for hydroxylation is 2. The molecule has 0 spiro atoms. The van der Waals surface area contributed by atoms with E-state index in [1.54, 1.807) is 6.33 Å². The van der Waals surface area contributed by atoms with E-state index in [1.807, 2.05) is 15.9 Å². The zero-order valence-corrected chi connectivity index (χ0v) is 11.1. The van der Waals surface area contributed by atoms with Crippen LogP contribution in [0.5, 0.6) is 0 Å². The van der Waals surface area contributed by atoms with Crippen molar-refractivity contribution in [2.45, 2.75) is 32.7 Å². The zero-order chi connectivity index (χ0) is 11.7. The van der Waals surface area contributed by atoms with Crippen molar-refractivity contribution in [1.82, 2.24) is 14.8 Å². The van der Waals surface area contributed by atoms with E-state index in [4.69, 9.17) is 11.6 Å². The summed E-state index contributed by atoms with van der Waals surface area (Å²) in [6.07, 6.45) is 1.74. The van der Waals surface area contributed by atoms with Crippen LogP contribution < -0.4 is 0 Å². The predicted molar refractivity (Wildman–Crippen MR) is 67.2 cm³/mol. The van der Waals surface area contributed by atoms with Gasteiger partial charge in [0, 0.05) is 9.75 Å². The van der Waals surface area contributed by atoms with Crippen LogP contribution in [0.2, 0.25) is 0 Å². The van der Waals surface area contributed by atoms with Crippen molar-refractivity contribution in [3.05, 3.63) is 33.5 Å². The maximum Gasteiger partial charge on any atom is 0.148 e. The monoisotopic (exact) mass is 255 g/mol. The van der Waals surface area contributed by atoms with Gasteiger partial charge >= 0.3 is 0 Å². The summed E-state index contributed by atoms with van der Waals surface area (Å²) in [5.41, 5.74) is 1.33. The average molecular weight is 256 g/mol. The van der Waals surface area contributed by atoms with Gasteiger partial charge in [-0.3, -0.25) is 0 Å². The SMILES string of the molecule is Cc1cc(C(C)n2cnnc2CCl)c(C)s1. The Hall–Kier alpha value is -0.870. The standard InChI is InChI=1S/C11H14ClN3S/c1-7-4-10(9(3)16-7)8(2)15-6-13-14-11(15)5-12/h4,6,8H,5H2,1-3H3. The fourth-order valence-electron chi connectivity index (χ4n) is 1.90. The summed E-state index contributed by atoms with van der Waals surface area (Å²) in [7, 11) is 0. The molecule has 0 saturated carbocycles. The summed E-state index contributed by atoms with van der Waals surface area (Å²) in [5.74, 6) is 1.21. The van der Waals surface area contributed by atoms with E-state index >= 15 is 0 Å². The van der Waals surface area contributed by atoms with Crippen LogP contribution in [-0.2, 0) is 5.88 Å². The van der Waals surface area contributed by atoms with E-state index in [0.717, 1.165) is 5.82 Å². The van der Waals surface area contributed by atoms with Crippen molar-refractivity contribution in [3.63, 3.8) is 0 Å². The van der Waals surface area contributed by atoms with E-state index < -0.39 is 0 Å². The van der Waals surface area contributed by atoms with Crippen LogP contribution in [0.25, 0.3) is 0 Å². The second-order valence-electron chi connectivity index (χ2n) is 3.83. The van der Waals surface area contributed by atoms with E-state index in [2.05, 4.69) is 37.0 Å². The fourth-order valence-corrected chi connectivity index (χ4v) is 3.11. The molecule has 0 amide bonds. The van der Waals surface area contributed by atoms with Gasteiger partial charge in [0.05, 0.1) is 11.9 Å². The number of alkyl halides is 1. The Labute approximate surface area is 104 Å². The van der Waals surface area contributed by atoms with Gasteiger partial charge in [-0.05, 0) is 32.4 Å². The fraction of sp³-hybridized carbons (Fsp3) is 0.455. The molecular formula is C11H14ClN3S. The van der Waals surface area contributed by atoms with Crippen LogP contribution in [-0.4, -0.2) is 14.8 Å². The number of hydrogen-bond donors (Lipinski definition) is 0. The lowest BCUT2D eigenvalue weighted by Crippen LogP contribution is -2.09. The largest absolute Gasteiger partial charge is 0.309 e. The molecule has 0 saturated heterocycles. The number of aromatic nitrogens is 3. The highest BCUT2D eigenvalue weighted by Gasteiger charge is 2.15. The molecule has 0 aliphatic heterocycles. The van der Waals surface area contributed by atoms with Crippen molar-refractivity contribution in [2.24, 2.45) is 0 Å². The first-order chi connectivity index (χ1) is 7.63. The molecule has 16 heavy (non-hydrogen) atoms. The van der Waals surface area contributed by atoms with Crippen LogP contribution in [0.4, 0.5) is 0 Å². The molecule has 2 rings (SSSR count). The predicted octanol–water partition coefficient (Wildman–Crippen LogP) is 3.30. The smallest absolute Gasteiger partial charge is 0.148 e. The minimum Gasteiger partial charge on any atom is -0.309 e. The molecule has 1 unspecified atom stereocenters. The van der Waals surface area contributed by atoms with Crippen molar-refractivity contribution in [2.75, 3.05) is 0 Å². The van der Waals surface area contributed by atoms with Crippen LogP contribution >= 0.6 is 22.9 Å². The van der Waals surface area contributed by atoms with Gasteiger partial charge in [0.25, 0.3) is 0 Å². The first-order valence-electron chi connectivity index (χ1n) is 5.14. The van der Waals surface area contributed by atoms with Gasteiger partial charge in [-0.1, -0.05) is 0 Å². The lowest BCUT2D eigenvalue weighted by atomic mass is 10.1. The van der Waals surface area contributed by atoms with Crippen LogP contribution in [0.3, 0.4) is 0 Å². The minimum absolute atomic E-state index is 0.244. The Bertz CT molecular complexity index is 489. The lowest BCUT2D eigenvalue weighted by molar-refractivity contribution is 0.614. The Morgan fingerprint density at radius 1 is 1.50 bits per heavy atom. The maximum absolute atomic E-state index is 5.83. The summed E-state index contributed by atoms with van der Waals surface area (Å²) >= 11 is 7.65. The first-order valence-corrected chi connectivity index (χ1v) is 6.50. The Kier molecular flexibility index (Phi) is 3.30. The summed E-state index contributed by atoms with van der Waals surface area (Å²) in [5, 5.41) is 7.91. The van der Waals surface area contributed by atoms with Gasteiger partial charge in [0.1, 0.15) is 12.2 Å². The highest BCUT2D eigenvalue weighted by molar-refractivity contribution is 7.12. The number of nitrogens with zero attached hydrogens (tertiary/aromatic N) is 3. The molecule has 2 heterocycles. The molecule has 0 fully saturated rings. The number of rotatable bonds is 3. The van der Waals surface area contributed by atoms with Gasteiger partial charge < -0.3 is 4.57 Å². The Morgan fingerprint density at radius 2 is 2.25 bits per heavy atom. The molecule has 0 radical (unpaired) electrons. The lowest BCUT2D eigenvalue weighted by Gasteiger charge is -2.14. The summed E-state index contributed by atoms with van der Waals surface area (Å²) < 4.78 is 2.03. The first kappa shape index (κ1) is 11.6. The van der Waals surface area contributed by atoms with Crippen molar-refractivity contribution < 1.29 is 0 Å².